The van der Waals surface area contributed by atoms with Gasteiger partial charge < -0.3 is 33.8 Å². The van der Waals surface area contributed by atoms with Crippen LogP contribution < -0.4 is 0 Å². The lowest BCUT2D eigenvalue weighted by atomic mass is 10.00. The molecule has 0 aromatic rings. The van der Waals surface area contributed by atoms with Crippen LogP contribution in [0, 0.1) is 23.7 Å². The second-order valence-corrected chi connectivity index (χ2v) is 32.7. The molecule has 19 heteroatoms. The van der Waals surface area contributed by atoms with Crippen LogP contribution in [0.2, 0.25) is 0 Å². The molecule has 0 aromatic carbocycles. The monoisotopic (exact) mass is 1420 g/mol. The van der Waals surface area contributed by atoms with Gasteiger partial charge in [0.2, 0.25) is 0 Å². The second-order valence-electron chi connectivity index (χ2n) is 29.8. The number of rotatable bonds is 75. The first-order valence-electron chi connectivity index (χ1n) is 40.2. The Morgan fingerprint density at radius 3 is 0.732 bits per heavy atom. The fraction of sp³-hybridized carbons (Fsp3) is 0.949. The minimum atomic E-state index is -4.96. The van der Waals surface area contributed by atoms with E-state index in [0.717, 1.165) is 120 Å². The van der Waals surface area contributed by atoms with Crippen molar-refractivity contribution >= 4 is 39.5 Å². The van der Waals surface area contributed by atoms with Gasteiger partial charge in [0.1, 0.15) is 19.3 Å². The highest BCUT2D eigenvalue weighted by atomic mass is 31.2. The Morgan fingerprint density at radius 2 is 0.495 bits per heavy atom. The molecule has 0 fully saturated rings. The molecule has 0 aromatic heterocycles. The summed E-state index contributed by atoms with van der Waals surface area (Å²) in [5.41, 5.74) is 0. The maximum absolute atomic E-state index is 13.1. The normalized spacial score (nSPS) is 14.4. The van der Waals surface area contributed by atoms with Crippen molar-refractivity contribution in [3.05, 3.63) is 0 Å². The van der Waals surface area contributed by atoms with Crippen LogP contribution >= 0.6 is 15.6 Å². The van der Waals surface area contributed by atoms with E-state index in [1.807, 2.05) is 0 Å². The molecule has 0 rings (SSSR count). The summed E-state index contributed by atoms with van der Waals surface area (Å²) >= 11 is 0. The van der Waals surface area contributed by atoms with E-state index in [0.29, 0.717) is 25.7 Å². The summed E-state index contributed by atoms with van der Waals surface area (Å²) in [5.74, 6) is 0.956. The molecule has 0 bridgehead atoms. The molecule has 0 spiro atoms. The third kappa shape index (κ3) is 70.9. The number of aliphatic hydroxyl groups is 1. The number of aliphatic hydroxyl groups excluding tert-OH is 1. The molecular formula is C78H152O17P2. The van der Waals surface area contributed by atoms with Gasteiger partial charge in [-0.2, -0.15) is 0 Å². The summed E-state index contributed by atoms with van der Waals surface area (Å²) in [7, 11) is -9.92. The number of phosphoric ester groups is 2. The number of unbranched alkanes of at least 4 members (excludes halogenated alkanes) is 40. The topological polar surface area (TPSA) is 237 Å². The molecule has 3 unspecified atom stereocenters. The van der Waals surface area contributed by atoms with Crippen molar-refractivity contribution in [2.75, 3.05) is 39.6 Å². The van der Waals surface area contributed by atoms with Gasteiger partial charge in [0.15, 0.2) is 12.2 Å². The van der Waals surface area contributed by atoms with Gasteiger partial charge in [-0.1, -0.05) is 344 Å². The number of carbonyl (C=O) groups excluding carboxylic acids is 4. The maximum atomic E-state index is 13.1. The lowest BCUT2D eigenvalue weighted by molar-refractivity contribution is -0.161. The number of hydrogen-bond acceptors (Lipinski definition) is 15. The van der Waals surface area contributed by atoms with Gasteiger partial charge in [0, 0.05) is 25.7 Å². The highest BCUT2D eigenvalue weighted by Crippen LogP contribution is 2.45. The fourth-order valence-corrected chi connectivity index (χ4v) is 13.5. The molecule has 0 saturated carbocycles. The van der Waals surface area contributed by atoms with Crippen molar-refractivity contribution in [2.24, 2.45) is 23.7 Å². The van der Waals surface area contributed by atoms with Crippen molar-refractivity contribution in [1.82, 2.24) is 0 Å². The van der Waals surface area contributed by atoms with Gasteiger partial charge >= 0.3 is 39.5 Å². The van der Waals surface area contributed by atoms with Crippen LogP contribution in [0.4, 0.5) is 0 Å². The summed E-state index contributed by atoms with van der Waals surface area (Å²) in [6.45, 7) is 14.2. The third-order valence-electron chi connectivity index (χ3n) is 18.4. The van der Waals surface area contributed by atoms with Crippen LogP contribution in [-0.4, -0.2) is 96.7 Å². The van der Waals surface area contributed by atoms with Crippen LogP contribution in [0.5, 0.6) is 0 Å². The Balaban J connectivity index is 5.23. The molecule has 6 atom stereocenters. The van der Waals surface area contributed by atoms with Crippen molar-refractivity contribution < 1.29 is 80.2 Å². The summed E-state index contributed by atoms with van der Waals surface area (Å²) < 4.78 is 68.6. The van der Waals surface area contributed by atoms with Crippen LogP contribution in [-0.2, 0) is 65.4 Å². The first kappa shape index (κ1) is 95.1. The quantitative estimate of drug-likeness (QED) is 0.0222. The van der Waals surface area contributed by atoms with E-state index in [2.05, 4.69) is 55.4 Å². The number of esters is 4. The average Bonchev–Trinajstić information content (AvgIpc) is 1.58. The Morgan fingerprint density at radius 1 is 0.289 bits per heavy atom. The molecule has 0 aliphatic heterocycles. The van der Waals surface area contributed by atoms with E-state index < -0.39 is 97.5 Å². The Kier molecular flexibility index (Phi) is 65.9. The standard InChI is InChI=1S/C78H152O17P2/c1-9-71(8)57-49-41-36-37-43-51-59-76(81)89-65-74(95-78(83)60-52-44-34-28-20-15-13-11-10-12-14-18-24-30-38-46-54-68(2)3)67-93-97(86,87)91-63-72(79)62-90-96(84,85)92-66-73(64-88-75(80)58-50-42-33-27-23-22-26-32-40-48-56-70(6)7)94-77(82)61-53-45-35-29-21-17-16-19-25-31-39-47-55-69(4)5/h68-74,79H,9-67H2,1-8H3,(H,84,85)(H,86,87)/t71?,72-,73-,74-/m1/s1. The molecular weight excluding hydrogens is 1270 g/mol. The van der Waals surface area contributed by atoms with Crippen LogP contribution in [0.25, 0.3) is 0 Å². The third-order valence-corrected chi connectivity index (χ3v) is 20.3. The highest BCUT2D eigenvalue weighted by molar-refractivity contribution is 7.47. The van der Waals surface area contributed by atoms with Gasteiger partial charge in [-0.3, -0.25) is 37.3 Å². The van der Waals surface area contributed by atoms with Gasteiger partial charge in [-0.05, 0) is 49.4 Å². The predicted molar refractivity (Wildman–Crippen MR) is 395 cm³/mol. The van der Waals surface area contributed by atoms with Gasteiger partial charge in [-0.15, -0.1) is 0 Å². The Bertz CT molecular complexity index is 1900. The van der Waals surface area contributed by atoms with Gasteiger partial charge in [0.25, 0.3) is 0 Å². The predicted octanol–water partition coefficient (Wildman–Crippen LogP) is 22.8. The van der Waals surface area contributed by atoms with E-state index >= 15 is 0 Å². The maximum Gasteiger partial charge on any atom is 0.472 e. The van der Waals surface area contributed by atoms with Crippen LogP contribution in [0.3, 0.4) is 0 Å². The average molecular weight is 1420 g/mol. The highest BCUT2D eigenvalue weighted by Gasteiger charge is 2.30. The van der Waals surface area contributed by atoms with Crippen molar-refractivity contribution in [1.29, 1.82) is 0 Å². The van der Waals surface area contributed by atoms with Crippen LogP contribution in [0.15, 0.2) is 0 Å². The summed E-state index contributed by atoms with van der Waals surface area (Å²) in [6, 6.07) is 0. The van der Waals surface area contributed by atoms with Crippen molar-refractivity contribution in [2.45, 2.75) is 414 Å². The lowest BCUT2D eigenvalue weighted by Gasteiger charge is -2.21. The van der Waals surface area contributed by atoms with Crippen molar-refractivity contribution in [3.8, 4) is 0 Å². The zero-order valence-corrected chi connectivity index (χ0v) is 65.5. The molecule has 0 aliphatic carbocycles. The molecule has 0 radical (unpaired) electrons. The number of carbonyl (C=O) groups is 4. The zero-order valence-electron chi connectivity index (χ0n) is 63.7. The first-order valence-corrected chi connectivity index (χ1v) is 43.2. The summed E-state index contributed by atoms with van der Waals surface area (Å²) in [4.78, 5) is 72.9. The molecule has 0 heterocycles. The van der Waals surface area contributed by atoms with E-state index in [1.165, 1.54) is 193 Å². The van der Waals surface area contributed by atoms with Crippen molar-refractivity contribution in [3.63, 3.8) is 0 Å². The Labute approximate surface area is 594 Å². The second kappa shape index (κ2) is 67.2. The van der Waals surface area contributed by atoms with E-state index in [9.17, 15) is 43.2 Å². The molecule has 576 valence electrons. The molecule has 17 nitrogen and oxygen atoms in total. The fourth-order valence-electron chi connectivity index (χ4n) is 11.9. The molecule has 0 saturated heterocycles. The zero-order chi connectivity index (χ0) is 71.7. The minimum absolute atomic E-state index is 0.106. The van der Waals surface area contributed by atoms with Crippen LogP contribution in [0.1, 0.15) is 396 Å². The van der Waals surface area contributed by atoms with E-state index in [1.54, 1.807) is 0 Å². The summed E-state index contributed by atoms with van der Waals surface area (Å²) in [5, 5.41) is 10.6. The molecule has 0 aliphatic rings. The van der Waals surface area contributed by atoms with Gasteiger partial charge in [0.05, 0.1) is 26.4 Å². The molecule has 97 heavy (non-hydrogen) atoms. The lowest BCUT2D eigenvalue weighted by Crippen LogP contribution is -2.30. The number of phosphoric acid groups is 2. The first-order chi connectivity index (χ1) is 46.6. The number of hydrogen-bond donors (Lipinski definition) is 3. The molecule has 3 N–H and O–H groups in total. The smallest absolute Gasteiger partial charge is 0.462 e. The molecule has 0 amide bonds. The van der Waals surface area contributed by atoms with E-state index in [-0.39, 0.29) is 25.7 Å². The minimum Gasteiger partial charge on any atom is -0.462 e. The number of ether oxygens (including phenoxy) is 4. The largest absolute Gasteiger partial charge is 0.472 e. The SMILES string of the molecule is CCC(C)CCCCCCCCC(=O)OC[C@H](COP(=O)(O)OC[C@H](O)COP(=O)(O)OC[C@@H](COC(=O)CCCCCCCCCCCCC(C)C)OC(=O)CCCCCCCCCCCCCCC(C)C)OC(=O)CCCCCCCCCCCCCCCCCCC(C)C. The van der Waals surface area contributed by atoms with Gasteiger partial charge in [-0.25, -0.2) is 9.13 Å². The Hall–Kier alpha value is -1.94. The van der Waals surface area contributed by atoms with E-state index in [4.69, 9.17) is 37.0 Å². The summed E-state index contributed by atoms with van der Waals surface area (Å²) in [6.07, 6.45) is 52.7.